The summed E-state index contributed by atoms with van der Waals surface area (Å²) in [5.74, 6) is -0.0567. The molecule has 2 N–H and O–H groups in total. The van der Waals surface area contributed by atoms with Gasteiger partial charge in [-0.25, -0.2) is 18.6 Å². The van der Waals surface area contributed by atoms with Crippen molar-refractivity contribution in [2.45, 2.75) is 32.7 Å². The van der Waals surface area contributed by atoms with E-state index in [-0.39, 0.29) is 22.8 Å². The van der Waals surface area contributed by atoms with Crippen LogP contribution in [-0.2, 0) is 5.54 Å². The van der Waals surface area contributed by atoms with Crippen LogP contribution < -0.4 is 15.2 Å². The standard InChI is InChI=1S/C14H17F2N3O3/c1-14(2,3)19-8-5-7(22-13(17)20)6-9(21-4)10(8)18-12(19)11(15)16/h5-6,11H,1-4H3,(H2,17,20). The molecule has 1 aromatic heterocycles. The Labute approximate surface area is 125 Å². The number of aromatic nitrogens is 2. The van der Waals surface area contributed by atoms with E-state index in [0.29, 0.717) is 5.52 Å². The maximum absolute atomic E-state index is 13.3. The van der Waals surface area contributed by atoms with Crippen LogP contribution in [0.4, 0.5) is 13.6 Å². The Bertz CT molecular complexity index is 720. The first kappa shape index (κ1) is 16.0. The summed E-state index contributed by atoms with van der Waals surface area (Å²) in [5, 5.41) is 0. The van der Waals surface area contributed by atoms with Gasteiger partial charge in [0.1, 0.15) is 17.0 Å². The number of carbonyl (C=O) groups is 1. The van der Waals surface area contributed by atoms with Crippen molar-refractivity contribution in [3.8, 4) is 11.5 Å². The highest BCUT2D eigenvalue weighted by Gasteiger charge is 2.28. The predicted molar refractivity (Wildman–Crippen MR) is 76.4 cm³/mol. The van der Waals surface area contributed by atoms with E-state index in [1.165, 1.54) is 23.8 Å². The van der Waals surface area contributed by atoms with Crippen molar-refractivity contribution in [1.82, 2.24) is 9.55 Å². The first-order valence-corrected chi connectivity index (χ1v) is 6.51. The highest BCUT2D eigenvalue weighted by molar-refractivity contribution is 5.85. The lowest BCUT2D eigenvalue weighted by Crippen LogP contribution is -2.24. The van der Waals surface area contributed by atoms with E-state index in [1.807, 2.05) is 0 Å². The zero-order valence-corrected chi connectivity index (χ0v) is 12.7. The number of rotatable bonds is 3. The lowest BCUT2D eigenvalue weighted by atomic mass is 10.1. The Morgan fingerprint density at radius 1 is 1.36 bits per heavy atom. The van der Waals surface area contributed by atoms with Gasteiger partial charge in [-0.2, -0.15) is 0 Å². The molecule has 1 heterocycles. The molecule has 120 valence electrons. The summed E-state index contributed by atoms with van der Waals surface area (Å²) in [6.07, 6.45) is -3.76. The third-order valence-corrected chi connectivity index (χ3v) is 3.03. The molecule has 1 aromatic carbocycles. The van der Waals surface area contributed by atoms with E-state index in [9.17, 15) is 13.6 Å². The summed E-state index contributed by atoms with van der Waals surface area (Å²) in [7, 11) is 1.38. The fraction of sp³-hybridized carbons (Fsp3) is 0.429. The average molecular weight is 313 g/mol. The molecule has 2 aromatic rings. The summed E-state index contributed by atoms with van der Waals surface area (Å²) < 4.78 is 38.0. The fourth-order valence-electron chi connectivity index (χ4n) is 2.32. The van der Waals surface area contributed by atoms with Gasteiger partial charge in [-0.3, -0.25) is 0 Å². The van der Waals surface area contributed by atoms with Gasteiger partial charge in [0.15, 0.2) is 5.82 Å². The third kappa shape index (κ3) is 2.81. The Morgan fingerprint density at radius 2 is 2.00 bits per heavy atom. The number of imidazole rings is 1. The second kappa shape index (κ2) is 5.43. The highest BCUT2D eigenvalue weighted by atomic mass is 19.3. The molecule has 0 bridgehead atoms. The van der Waals surface area contributed by atoms with Crippen LogP contribution in [0.25, 0.3) is 11.0 Å². The van der Waals surface area contributed by atoms with E-state index in [1.54, 1.807) is 20.8 Å². The number of methoxy groups -OCH3 is 1. The van der Waals surface area contributed by atoms with Gasteiger partial charge in [0, 0.05) is 17.7 Å². The Balaban J connectivity index is 2.83. The van der Waals surface area contributed by atoms with Gasteiger partial charge in [-0.15, -0.1) is 0 Å². The van der Waals surface area contributed by atoms with Gasteiger partial charge in [0.2, 0.25) is 0 Å². The first-order chi connectivity index (χ1) is 10.1. The number of primary amides is 1. The fourth-order valence-corrected chi connectivity index (χ4v) is 2.32. The Morgan fingerprint density at radius 3 is 2.45 bits per heavy atom. The summed E-state index contributed by atoms with van der Waals surface area (Å²) in [6, 6.07) is 2.81. The lowest BCUT2D eigenvalue weighted by molar-refractivity contribution is 0.129. The number of benzene rings is 1. The van der Waals surface area contributed by atoms with Gasteiger partial charge in [-0.05, 0) is 20.8 Å². The third-order valence-electron chi connectivity index (χ3n) is 3.03. The molecule has 0 fully saturated rings. The van der Waals surface area contributed by atoms with Crippen LogP contribution in [0, 0.1) is 0 Å². The highest BCUT2D eigenvalue weighted by Crippen LogP contribution is 2.37. The van der Waals surface area contributed by atoms with Gasteiger partial charge < -0.3 is 19.8 Å². The van der Waals surface area contributed by atoms with Crippen LogP contribution in [0.3, 0.4) is 0 Å². The van der Waals surface area contributed by atoms with Gasteiger partial charge in [0.25, 0.3) is 6.43 Å². The first-order valence-electron chi connectivity index (χ1n) is 6.51. The molecular weight excluding hydrogens is 296 g/mol. The zero-order valence-electron chi connectivity index (χ0n) is 12.7. The number of amides is 1. The largest absolute Gasteiger partial charge is 0.494 e. The minimum absolute atomic E-state index is 0.100. The van der Waals surface area contributed by atoms with E-state index >= 15 is 0 Å². The van der Waals surface area contributed by atoms with Gasteiger partial charge in [-0.1, -0.05) is 0 Å². The molecule has 22 heavy (non-hydrogen) atoms. The summed E-state index contributed by atoms with van der Waals surface area (Å²) in [4.78, 5) is 14.9. The predicted octanol–water partition coefficient (Wildman–Crippen LogP) is 3.20. The van der Waals surface area contributed by atoms with Crippen molar-refractivity contribution >= 4 is 17.1 Å². The lowest BCUT2D eigenvalue weighted by Gasteiger charge is -2.24. The second-order valence-electron chi connectivity index (χ2n) is 5.69. The van der Waals surface area contributed by atoms with Crippen molar-refractivity contribution in [3.63, 3.8) is 0 Å². The number of hydrogen-bond acceptors (Lipinski definition) is 4. The number of hydrogen-bond donors (Lipinski definition) is 1. The van der Waals surface area contributed by atoms with E-state index in [4.69, 9.17) is 15.2 Å². The maximum Gasteiger partial charge on any atom is 0.409 e. The summed E-state index contributed by atoms with van der Waals surface area (Å²) >= 11 is 0. The number of carbonyl (C=O) groups excluding carboxylic acids is 1. The molecule has 0 aliphatic heterocycles. The van der Waals surface area contributed by atoms with Crippen molar-refractivity contribution in [2.24, 2.45) is 5.73 Å². The number of nitrogens with zero attached hydrogens (tertiary/aromatic N) is 2. The molecule has 6 nitrogen and oxygen atoms in total. The SMILES string of the molecule is COc1cc(OC(N)=O)cc2c1nc(C(F)F)n2C(C)(C)C. The molecule has 0 radical (unpaired) electrons. The van der Waals surface area contributed by atoms with Crippen molar-refractivity contribution in [2.75, 3.05) is 7.11 Å². The number of ether oxygens (including phenoxy) is 2. The van der Waals surface area contributed by atoms with Gasteiger partial charge in [0.05, 0.1) is 12.6 Å². The van der Waals surface area contributed by atoms with Crippen LogP contribution in [0.2, 0.25) is 0 Å². The smallest absolute Gasteiger partial charge is 0.409 e. The number of fused-ring (bicyclic) bond motifs is 1. The second-order valence-corrected chi connectivity index (χ2v) is 5.69. The Kier molecular flexibility index (Phi) is 3.95. The molecule has 8 heteroatoms. The molecule has 1 amide bonds. The maximum atomic E-state index is 13.3. The molecule has 2 rings (SSSR count). The van der Waals surface area contributed by atoms with E-state index in [2.05, 4.69) is 4.98 Å². The monoisotopic (exact) mass is 313 g/mol. The quantitative estimate of drug-likeness (QED) is 0.943. The van der Waals surface area contributed by atoms with Crippen LogP contribution in [0.1, 0.15) is 33.0 Å². The van der Waals surface area contributed by atoms with Crippen molar-refractivity contribution in [3.05, 3.63) is 18.0 Å². The average Bonchev–Trinajstić information content (AvgIpc) is 2.76. The minimum atomic E-state index is -2.75. The molecular formula is C14H17F2N3O3. The normalized spacial score (nSPS) is 12.0. The van der Waals surface area contributed by atoms with Crippen LogP contribution >= 0.6 is 0 Å². The Hall–Kier alpha value is -2.38. The molecule has 0 saturated carbocycles. The molecule has 0 unspecified atom stereocenters. The van der Waals surface area contributed by atoms with E-state index < -0.39 is 18.1 Å². The van der Waals surface area contributed by atoms with Crippen molar-refractivity contribution in [1.29, 1.82) is 0 Å². The van der Waals surface area contributed by atoms with Crippen LogP contribution in [0.15, 0.2) is 12.1 Å². The summed E-state index contributed by atoms with van der Waals surface area (Å²) in [5.41, 5.74) is 4.98. The number of alkyl halides is 2. The van der Waals surface area contributed by atoms with Gasteiger partial charge >= 0.3 is 6.09 Å². The number of nitrogens with two attached hydrogens (primary N) is 1. The molecule has 0 aliphatic carbocycles. The van der Waals surface area contributed by atoms with E-state index in [0.717, 1.165) is 0 Å². The topological polar surface area (TPSA) is 79.4 Å². The molecule has 0 saturated heterocycles. The summed E-state index contributed by atoms with van der Waals surface area (Å²) in [6.45, 7) is 5.32. The van der Waals surface area contributed by atoms with Crippen LogP contribution in [0.5, 0.6) is 11.5 Å². The zero-order chi connectivity index (χ0) is 16.7. The number of halogens is 2. The molecule has 0 atom stereocenters. The van der Waals surface area contributed by atoms with Crippen molar-refractivity contribution < 1.29 is 23.0 Å². The molecule has 0 aliphatic rings. The van der Waals surface area contributed by atoms with Crippen LogP contribution in [-0.4, -0.2) is 22.8 Å². The minimum Gasteiger partial charge on any atom is -0.494 e. The molecule has 0 spiro atoms.